The van der Waals surface area contributed by atoms with Gasteiger partial charge in [0.2, 0.25) is 0 Å². The number of sulfone groups is 1. The summed E-state index contributed by atoms with van der Waals surface area (Å²) in [6.45, 7) is 2.90. The van der Waals surface area contributed by atoms with Gasteiger partial charge in [0.15, 0.2) is 9.84 Å². The first-order valence-corrected chi connectivity index (χ1v) is 10.6. The molecule has 2 aromatic carbocycles. The average Bonchev–Trinajstić information content (AvgIpc) is 3.01. The molecule has 3 rings (SSSR count). The van der Waals surface area contributed by atoms with Gasteiger partial charge in [0.1, 0.15) is 5.75 Å². The first kappa shape index (κ1) is 18.5. The molecule has 1 aliphatic heterocycles. The van der Waals surface area contributed by atoms with Crippen LogP contribution in [0.3, 0.4) is 0 Å². The predicted molar refractivity (Wildman–Crippen MR) is 101 cm³/mol. The third-order valence-corrected chi connectivity index (χ3v) is 6.27. The van der Waals surface area contributed by atoms with Crippen LogP contribution in [0.25, 0.3) is 0 Å². The monoisotopic (exact) mass is 373 g/mol. The van der Waals surface area contributed by atoms with Gasteiger partial charge < -0.3 is 9.64 Å². The minimum Gasteiger partial charge on any atom is -0.494 e. The molecule has 0 unspecified atom stereocenters. The van der Waals surface area contributed by atoms with E-state index < -0.39 is 9.84 Å². The van der Waals surface area contributed by atoms with Crippen molar-refractivity contribution in [1.82, 2.24) is 4.90 Å². The van der Waals surface area contributed by atoms with Crippen molar-refractivity contribution in [3.05, 3.63) is 65.7 Å². The lowest BCUT2D eigenvalue weighted by atomic mass is 10.1. The van der Waals surface area contributed by atoms with Gasteiger partial charge in [0.05, 0.1) is 18.1 Å². The molecule has 0 aliphatic carbocycles. The quantitative estimate of drug-likeness (QED) is 0.781. The zero-order valence-corrected chi connectivity index (χ0v) is 15.6. The van der Waals surface area contributed by atoms with Gasteiger partial charge in [-0.3, -0.25) is 4.79 Å². The van der Waals surface area contributed by atoms with Gasteiger partial charge in [-0.15, -0.1) is 0 Å². The fraction of sp³-hybridized carbons (Fsp3) is 0.350. The number of rotatable bonds is 6. The summed E-state index contributed by atoms with van der Waals surface area (Å²) < 4.78 is 29.3. The molecule has 0 N–H and O–H groups in total. The Balaban J connectivity index is 1.84. The van der Waals surface area contributed by atoms with E-state index in [1.54, 1.807) is 17.0 Å². The molecule has 1 heterocycles. The Bertz CT molecular complexity index is 847. The van der Waals surface area contributed by atoms with Crippen LogP contribution in [0.2, 0.25) is 0 Å². The highest BCUT2D eigenvalue weighted by molar-refractivity contribution is 7.91. The van der Waals surface area contributed by atoms with E-state index in [9.17, 15) is 13.2 Å². The first-order chi connectivity index (χ1) is 12.5. The van der Waals surface area contributed by atoms with Gasteiger partial charge in [0.25, 0.3) is 5.91 Å². The van der Waals surface area contributed by atoms with Crippen molar-refractivity contribution in [1.29, 1.82) is 0 Å². The Kier molecular flexibility index (Phi) is 5.61. The Morgan fingerprint density at radius 1 is 1.12 bits per heavy atom. The number of carbonyl (C=O) groups excluding carboxylic acids is 1. The molecule has 0 bridgehead atoms. The standard InChI is InChI=1S/C20H23NO4S/c1-2-25-19-10-8-16(9-11-19)14-21(18-12-13-26(23,24)15-18)20(22)17-6-4-3-5-7-17/h3-11,18H,2,12-15H2,1H3/t18-/m1/s1. The van der Waals surface area contributed by atoms with Crippen LogP contribution in [0.4, 0.5) is 0 Å². The maximum absolute atomic E-state index is 13.0. The van der Waals surface area contributed by atoms with Gasteiger partial charge in [-0.25, -0.2) is 8.42 Å². The second kappa shape index (κ2) is 7.91. The van der Waals surface area contributed by atoms with E-state index in [0.29, 0.717) is 25.1 Å². The molecule has 1 aliphatic rings. The molecule has 1 saturated heterocycles. The number of hydrogen-bond acceptors (Lipinski definition) is 4. The highest BCUT2D eigenvalue weighted by Crippen LogP contribution is 2.23. The molecule has 138 valence electrons. The van der Waals surface area contributed by atoms with E-state index in [2.05, 4.69) is 0 Å². The second-order valence-corrected chi connectivity index (χ2v) is 8.66. The molecule has 2 aromatic rings. The van der Waals surface area contributed by atoms with Crippen molar-refractivity contribution in [2.45, 2.75) is 25.9 Å². The van der Waals surface area contributed by atoms with E-state index in [0.717, 1.165) is 11.3 Å². The lowest BCUT2D eigenvalue weighted by Gasteiger charge is -2.28. The average molecular weight is 373 g/mol. The fourth-order valence-electron chi connectivity index (χ4n) is 3.19. The lowest BCUT2D eigenvalue weighted by molar-refractivity contribution is 0.0681. The molecule has 1 atom stereocenters. The summed E-state index contributed by atoms with van der Waals surface area (Å²) in [5.41, 5.74) is 1.52. The SMILES string of the molecule is CCOc1ccc(CN(C(=O)c2ccccc2)[C@@H]2CCS(=O)(=O)C2)cc1. The maximum Gasteiger partial charge on any atom is 0.254 e. The number of benzene rings is 2. The molecular weight excluding hydrogens is 350 g/mol. The Morgan fingerprint density at radius 2 is 1.81 bits per heavy atom. The van der Waals surface area contributed by atoms with Crippen LogP contribution in [-0.4, -0.2) is 43.4 Å². The van der Waals surface area contributed by atoms with Crippen molar-refractivity contribution < 1.29 is 17.9 Å². The summed E-state index contributed by atoms with van der Waals surface area (Å²) in [7, 11) is -3.08. The third kappa shape index (κ3) is 4.43. The maximum atomic E-state index is 13.0. The number of hydrogen-bond donors (Lipinski definition) is 0. The van der Waals surface area contributed by atoms with Gasteiger partial charge in [0, 0.05) is 18.2 Å². The molecule has 26 heavy (non-hydrogen) atoms. The lowest BCUT2D eigenvalue weighted by Crippen LogP contribution is -2.40. The van der Waals surface area contributed by atoms with Gasteiger partial charge in [-0.05, 0) is 43.2 Å². The summed E-state index contributed by atoms with van der Waals surface area (Å²) in [5, 5.41) is 0. The molecule has 0 saturated carbocycles. The van der Waals surface area contributed by atoms with Crippen LogP contribution < -0.4 is 4.74 Å². The van der Waals surface area contributed by atoms with Crippen LogP contribution in [0.1, 0.15) is 29.3 Å². The number of nitrogens with zero attached hydrogens (tertiary/aromatic N) is 1. The largest absolute Gasteiger partial charge is 0.494 e. The summed E-state index contributed by atoms with van der Waals surface area (Å²) in [5.74, 6) is 0.810. The van der Waals surface area contributed by atoms with Gasteiger partial charge in [-0.2, -0.15) is 0 Å². The van der Waals surface area contributed by atoms with E-state index in [1.807, 2.05) is 49.4 Å². The highest BCUT2D eigenvalue weighted by Gasteiger charge is 2.35. The second-order valence-electron chi connectivity index (χ2n) is 6.43. The Labute approximate surface area is 154 Å². The molecule has 6 heteroatoms. The molecule has 1 fully saturated rings. The number of carbonyl (C=O) groups is 1. The van der Waals surface area contributed by atoms with Crippen molar-refractivity contribution in [3.8, 4) is 5.75 Å². The van der Waals surface area contributed by atoms with Crippen LogP contribution in [0, 0.1) is 0 Å². The third-order valence-electron chi connectivity index (χ3n) is 4.52. The van der Waals surface area contributed by atoms with Gasteiger partial charge >= 0.3 is 0 Å². The molecule has 5 nitrogen and oxygen atoms in total. The van der Waals surface area contributed by atoms with Crippen molar-refractivity contribution in [2.75, 3.05) is 18.1 Å². The predicted octanol–water partition coefficient (Wildman–Crippen LogP) is 2.91. The molecule has 0 spiro atoms. The van der Waals surface area contributed by atoms with Crippen LogP contribution in [-0.2, 0) is 16.4 Å². The minimum absolute atomic E-state index is 0.0304. The zero-order valence-electron chi connectivity index (χ0n) is 14.8. The molecule has 0 aromatic heterocycles. The van der Waals surface area contributed by atoms with Crippen LogP contribution in [0.15, 0.2) is 54.6 Å². The van der Waals surface area contributed by atoms with Crippen molar-refractivity contribution >= 4 is 15.7 Å². The Morgan fingerprint density at radius 3 is 2.38 bits per heavy atom. The number of ether oxygens (including phenoxy) is 1. The topological polar surface area (TPSA) is 63.7 Å². The highest BCUT2D eigenvalue weighted by atomic mass is 32.2. The summed E-state index contributed by atoms with van der Waals surface area (Å²) in [4.78, 5) is 14.7. The van der Waals surface area contributed by atoms with E-state index in [1.165, 1.54) is 0 Å². The van der Waals surface area contributed by atoms with E-state index >= 15 is 0 Å². The number of amides is 1. The summed E-state index contributed by atoms with van der Waals surface area (Å²) in [6, 6.07) is 16.3. The Hall–Kier alpha value is -2.34. The van der Waals surface area contributed by atoms with Crippen molar-refractivity contribution in [2.24, 2.45) is 0 Å². The molecule has 1 amide bonds. The summed E-state index contributed by atoms with van der Waals surface area (Å²) in [6.07, 6.45) is 0.484. The normalized spacial score (nSPS) is 18.4. The summed E-state index contributed by atoms with van der Waals surface area (Å²) >= 11 is 0. The minimum atomic E-state index is -3.08. The van der Waals surface area contributed by atoms with E-state index in [4.69, 9.17) is 4.74 Å². The fourth-order valence-corrected chi connectivity index (χ4v) is 4.92. The molecular formula is C20H23NO4S. The zero-order chi connectivity index (χ0) is 18.6. The smallest absolute Gasteiger partial charge is 0.254 e. The van der Waals surface area contributed by atoms with Crippen LogP contribution >= 0.6 is 0 Å². The van der Waals surface area contributed by atoms with Gasteiger partial charge in [-0.1, -0.05) is 30.3 Å². The first-order valence-electron chi connectivity index (χ1n) is 8.76. The van der Waals surface area contributed by atoms with E-state index in [-0.39, 0.29) is 23.5 Å². The van der Waals surface area contributed by atoms with Crippen molar-refractivity contribution in [3.63, 3.8) is 0 Å². The molecule has 0 radical (unpaired) electrons. The van der Waals surface area contributed by atoms with Crippen LogP contribution in [0.5, 0.6) is 5.75 Å².